The molecule has 0 spiro atoms. The van der Waals surface area contributed by atoms with Crippen molar-refractivity contribution < 1.29 is 18.0 Å². The molecule has 0 aromatic heterocycles. The summed E-state index contributed by atoms with van der Waals surface area (Å²) in [4.78, 5) is 28.6. The van der Waals surface area contributed by atoms with Crippen LogP contribution in [0.15, 0.2) is 78.9 Å². The Morgan fingerprint density at radius 1 is 0.919 bits per heavy atom. The molecule has 0 aliphatic heterocycles. The number of nitrogens with zero attached hydrogens (tertiary/aromatic N) is 2. The van der Waals surface area contributed by atoms with Crippen LogP contribution in [0.2, 0.25) is 5.02 Å². The lowest BCUT2D eigenvalue weighted by Gasteiger charge is -2.33. The molecule has 1 atom stereocenters. The maximum Gasteiger partial charge on any atom is 0.244 e. The van der Waals surface area contributed by atoms with Crippen molar-refractivity contribution in [2.24, 2.45) is 0 Å². The van der Waals surface area contributed by atoms with Crippen LogP contribution >= 0.6 is 11.6 Å². The summed E-state index contributed by atoms with van der Waals surface area (Å²) in [5.41, 5.74) is 3.10. The van der Waals surface area contributed by atoms with Crippen LogP contribution in [0.4, 0.5) is 5.69 Å². The number of aryl methyl sites for hydroxylation is 1. The lowest BCUT2D eigenvalue weighted by Crippen LogP contribution is -2.53. The van der Waals surface area contributed by atoms with E-state index >= 15 is 0 Å². The molecule has 0 fully saturated rings. The van der Waals surface area contributed by atoms with Crippen LogP contribution in [-0.2, 0) is 32.6 Å². The van der Waals surface area contributed by atoms with Crippen molar-refractivity contribution in [3.8, 4) is 0 Å². The average molecular weight is 542 g/mol. The summed E-state index contributed by atoms with van der Waals surface area (Å²) in [6.07, 6.45) is 1.33. The monoisotopic (exact) mass is 541 g/mol. The fourth-order valence-electron chi connectivity index (χ4n) is 3.96. The van der Waals surface area contributed by atoms with Crippen LogP contribution < -0.4 is 9.62 Å². The Kier molecular flexibility index (Phi) is 9.72. The van der Waals surface area contributed by atoms with Crippen molar-refractivity contribution >= 4 is 39.1 Å². The molecule has 0 bridgehead atoms. The highest BCUT2D eigenvalue weighted by Gasteiger charge is 2.32. The minimum absolute atomic E-state index is 0.145. The van der Waals surface area contributed by atoms with Gasteiger partial charge in [-0.2, -0.15) is 0 Å². The van der Waals surface area contributed by atoms with Gasteiger partial charge in [-0.05, 0) is 49.2 Å². The predicted octanol–water partition coefficient (Wildman–Crippen LogP) is 4.19. The normalized spacial score (nSPS) is 12.0. The maximum absolute atomic E-state index is 13.9. The van der Waals surface area contributed by atoms with Crippen molar-refractivity contribution in [1.82, 2.24) is 10.2 Å². The zero-order chi connectivity index (χ0) is 27.0. The number of hydrogen-bond donors (Lipinski definition) is 1. The number of benzene rings is 3. The number of rotatable bonds is 11. The molecule has 3 aromatic rings. The summed E-state index contributed by atoms with van der Waals surface area (Å²) in [5, 5.41) is 3.29. The molecule has 0 radical (unpaired) electrons. The number of halogens is 1. The summed E-state index contributed by atoms with van der Waals surface area (Å²) >= 11 is 5.98. The Morgan fingerprint density at radius 3 is 2.11 bits per heavy atom. The topological polar surface area (TPSA) is 86.8 Å². The van der Waals surface area contributed by atoms with Gasteiger partial charge >= 0.3 is 0 Å². The third kappa shape index (κ3) is 8.06. The Morgan fingerprint density at radius 2 is 1.54 bits per heavy atom. The Hall–Kier alpha value is -3.36. The highest BCUT2D eigenvalue weighted by molar-refractivity contribution is 7.92. The molecule has 0 unspecified atom stereocenters. The Balaban J connectivity index is 2.02. The molecule has 9 heteroatoms. The SMILES string of the molecule is CCNC(=O)[C@@H](Cc1ccccc1)N(Cc1ccc(C)cc1)C(=O)CN(c1ccc(Cl)cc1)S(C)(=O)=O. The number of likely N-dealkylation sites (N-methyl/N-ethyl adjacent to an activating group) is 1. The quantitative estimate of drug-likeness (QED) is 0.394. The van der Waals surface area contributed by atoms with Crippen LogP contribution in [0.25, 0.3) is 0 Å². The molecule has 1 N–H and O–H groups in total. The molecule has 3 aromatic carbocycles. The second kappa shape index (κ2) is 12.7. The smallest absolute Gasteiger partial charge is 0.244 e. The minimum Gasteiger partial charge on any atom is -0.355 e. The van der Waals surface area contributed by atoms with Crippen LogP contribution in [-0.4, -0.2) is 50.5 Å². The number of carbonyl (C=O) groups is 2. The molecular weight excluding hydrogens is 510 g/mol. The van der Waals surface area contributed by atoms with Gasteiger partial charge in [0.25, 0.3) is 0 Å². The van der Waals surface area contributed by atoms with Gasteiger partial charge in [-0.1, -0.05) is 71.8 Å². The average Bonchev–Trinajstić information content (AvgIpc) is 2.86. The van der Waals surface area contributed by atoms with Gasteiger partial charge in [0.05, 0.1) is 11.9 Å². The van der Waals surface area contributed by atoms with E-state index in [-0.39, 0.29) is 18.9 Å². The lowest BCUT2D eigenvalue weighted by atomic mass is 10.0. The maximum atomic E-state index is 13.9. The van der Waals surface area contributed by atoms with Gasteiger partial charge < -0.3 is 10.2 Å². The molecule has 0 heterocycles. The summed E-state index contributed by atoms with van der Waals surface area (Å²) in [6, 6.07) is 22.5. The van der Waals surface area contributed by atoms with Gasteiger partial charge in [0, 0.05) is 24.5 Å². The van der Waals surface area contributed by atoms with Gasteiger partial charge in [0.15, 0.2) is 0 Å². The van der Waals surface area contributed by atoms with Crippen LogP contribution in [0.3, 0.4) is 0 Å². The molecular formula is C28H32ClN3O4S. The number of nitrogens with one attached hydrogen (secondary N) is 1. The lowest BCUT2D eigenvalue weighted by molar-refractivity contribution is -0.140. The summed E-state index contributed by atoms with van der Waals surface area (Å²) in [7, 11) is -3.81. The largest absolute Gasteiger partial charge is 0.355 e. The van der Waals surface area contributed by atoms with Crippen molar-refractivity contribution in [2.45, 2.75) is 32.9 Å². The van der Waals surface area contributed by atoms with E-state index in [1.807, 2.05) is 68.4 Å². The molecule has 0 aliphatic carbocycles. The first-order valence-corrected chi connectivity index (χ1v) is 14.2. The molecule has 37 heavy (non-hydrogen) atoms. The van der Waals surface area contributed by atoms with E-state index in [1.165, 1.54) is 4.90 Å². The third-order valence-electron chi connectivity index (χ3n) is 5.89. The second-order valence-corrected chi connectivity index (χ2v) is 11.2. The Labute approximate surface area is 224 Å². The fraction of sp³-hybridized carbons (Fsp3) is 0.286. The Bertz CT molecular complexity index is 1300. The van der Waals surface area contributed by atoms with E-state index in [9.17, 15) is 18.0 Å². The van der Waals surface area contributed by atoms with Crippen molar-refractivity contribution in [3.05, 3.63) is 101 Å². The van der Waals surface area contributed by atoms with Gasteiger partial charge in [-0.3, -0.25) is 13.9 Å². The van der Waals surface area contributed by atoms with E-state index < -0.39 is 28.5 Å². The summed E-state index contributed by atoms with van der Waals surface area (Å²) in [5.74, 6) is -0.794. The van der Waals surface area contributed by atoms with Gasteiger partial charge in [-0.15, -0.1) is 0 Å². The highest BCUT2D eigenvalue weighted by Crippen LogP contribution is 2.22. The summed E-state index contributed by atoms with van der Waals surface area (Å²) < 4.78 is 26.5. The van der Waals surface area contributed by atoms with Gasteiger partial charge in [-0.25, -0.2) is 8.42 Å². The van der Waals surface area contributed by atoms with Crippen molar-refractivity contribution in [3.63, 3.8) is 0 Å². The first-order valence-electron chi connectivity index (χ1n) is 12.0. The van der Waals surface area contributed by atoms with Gasteiger partial charge in [0.2, 0.25) is 21.8 Å². The first-order chi connectivity index (χ1) is 17.6. The van der Waals surface area contributed by atoms with Gasteiger partial charge in [0.1, 0.15) is 12.6 Å². The number of sulfonamides is 1. The van der Waals surface area contributed by atoms with E-state index in [4.69, 9.17) is 11.6 Å². The van der Waals surface area contributed by atoms with Crippen molar-refractivity contribution in [2.75, 3.05) is 23.7 Å². The molecule has 7 nitrogen and oxygen atoms in total. The van der Waals surface area contributed by atoms with Crippen molar-refractivity contribution in [1.29, 1.82) is 0 Å². The van der Waals surface area contributed by atoms with Crippen LogP contribution in [0.1, 0.15) is 23.6 Å². The molecule has 0 saturated heterocycles. The van der Waals surface area contributed by atoms with E-state index in [0.29, 0.717) is 17.3 Å². The van der Waals surface area contributed by atoms with E-state index in [2.05, 4.69) is 5.32 Å². The van der Waals surface area contributed by atoms with Crippen LogP contribution in [0, 0.1) is 6.92 Å². The minimum atomic E-state index is -3.81. The fourth-order valence-corrected chi connectivity index (χ4v) is 4.93. The number of carbonyl (C=O) groups excluding carboxylic acids is 2. The van der Waals surface area contributed by atoms with E-state index in [0.717, 1.165) is 27.3 Å². The molecule has 196 valence electrons. The summed E-state index contributed by atoms with van der Waals surface area (Å²) in [6.45, 7) is 3.87. The number of amides is 2. The highest BCUT2D eigenvalue weighted by atomic mass is 35.5. The predicted molar refractivity (Wildman–Crippen MR) is 148 cm³/mol. The molecule has 2 amide bonds. The first kappa shape index (κ1) is 28.2. The van der Waals surface area contributed by atoms with E-state index in [1.54, 1.807) is 24.3 Å². The van der Waals surface area contributed by atoms with Crippen LogP contribution in [0.5, 0.6) is 0 Å². The zero-order valence-electron chi connectivity index (χ0n) is 21.2. The number of anilines is 1. The molecule has 0 aliphatic rings. The number of hydrogen-bond acceptors (Lipinski definition) is 4. The third-order valence-corrected chi connectivity index (χ3v) is 7.28. The molecule has 0 saturated carbocycles. The standard InChI is InChI=1S/C28H32ClN3O4S/c1-4-30-28(34)26(18-22-8-6-5-7-9-22)31(19-23-12-10-21(2)11-13-23)27(33)20-32(37(3,35)36)25-16-14-24(29)15-17-25/h5-17,26H,4,18-20H2,1-3H3,(H,30,34)/t26-/m1/s1. The second-order valence-electron chi connectivity index (χ2n) is 8.85. The molecule has 3 rings (SSSR count). The zero-order valence-corrected chi connectivity index (χ0v) is 22.8.